The molecule has 0 amide bonds. The van der Waals surface area contributed by atoms with Crippen molar-refractivity contribution in [2.75, 3.05) is 20.7 Å². The van der Waals surface area contributed by atoms with Gasteiger partial charge in [0.2, 0.25) is 0 Å². The van der Waals surface area contributed by atoms with Gasteiger partial charge < -0.3 is 9.64 Å². The SMILES string of the molecule is COc1ccc(CN(C)CCc2ccncc2)cc1F. The smallest absolute Gasteiger partial charge is 0.165 e. The normalized spacial score (nSPS) is 10.8. The summed E-state index contributed by atoms with van der Waals surface area (Å²) in [7, 11) is 3.50. The van der Waals surface area contributed by atoms with Crippen LogP contribution in [-0.4, -0.2) is 30.6 Å². The average molecular weight is 274 g/mol. The largest absolute Gasteiger partial charge is 0.494 e. The van der Waals surface area contributed by atoms with Gasteiger partial charge >= 0.3 is 0 Å². The van der Waals surface area contributed by atoms with Crippen molar-refractivity contribution in [2.24, 2.45) is 0 Å². The van der Waals surface area contributed by atoms with Crippen LogP contribution in [0.4, 0.5) is 4.39 Å². The number of aromatic nitrogens is 1. The number of benzene rings is 1. The van der Waals surface area contributed by atoms with Crippen LogP contribution in [0.15, 0.2) is 42.7 Å². The molecule has 2 aromatic rings. The fourth-order valence-electron chi connectivity index (χ4n) is 2.07. The van der Waals surface area contributed by atoms with E-state index in [9.17, 15) is 4.39 Å². The number of likely N-dealkylation sites (N-methyl/N-ethyl adjacent to an activating group) is 1. The highest BCUT2D eigenvalue weighted by Gasteiger charge is 2.06. The Bertz CT molecular complexity index is 545. The lowest BCUT2D eigenvalue weighted by atomic mass is 10.1. The molecule has 1 aromatic heterocycles. The van der Waals surface area contributed by atoms with Crippen LogP contribution >= 0.6 is 0 Å². The number of methoxy groups -OCH3 is 1. The second-order valence-electron chi connectivity index (χ2n) is 4.81. The minimum atomic E-state index is -0.312. The van der Waals surface area contributed by atoms with Crippen LogP contribution in [0.1, 0.15) is 11.1 Å². The summed E-state index contributed by atoms with van der Waals surface area (Å²) in [5, 5.41) is 0. The molecule has 0 bridgehead atoms. The van der Waals surface area contributed by atoms with E-state index in [1.54, 1.807) is 18.5 Å². The lowest BCUT2D eigenvalue weighted by Crippen LogP contribution is -2.20. The van der Waals surface area contributed by atoms with E-state index in [0.29, 0.717) is 6.54 Å². The minimum Gasteiger partial charge on any atom is -0.494 e. The van der Waals surface area contributed by atoms with E-state index in [1.807, 2.05) is 25.2 Å². The summed E-state index contributed by atoms with van der Waals surface area (Å²) in [5.74, 6) is -0.0271. The van der Waals surface area contributed by atoms with Gasteiger partial charge in [-0.05, 0) is 48.9 Å². The van der Waals surface area contributed by atoms with E-state index in [4.69, 9.17) is 4.74 Å². The van der Waals surface area contributed by atoms with Crippen molar-refractivity contribution in [1.29, 1.82) is 0 Å². The monoisotopic (exact) mass is 274 g/mol. The second-order valence-corrected chi connectivity index (χ2v) is 4.81. The van der Waals surface area contributed by atoms with Crippen molar-refractivity contribution >= 4 is 0 Å². The Morgan fingerprint density at radius 3 is 2.55 bits per heavy atom. The molecule has 0 radical (unpaired) electrons. The van der Waals surface area contributed by atoms with Gasteiger partial charge in [-0.25, -0.2) is 4.39 Å². The summed E-state index contributed by atoms with van der Waals surface area (Å²) in [6, 6.07) is 9.12. The molecule has 0 atom stereocenters. The van der Waals surface area contributed by atoms with Gasteiger partial charge in [-0.1, -0.05) is 6.07 Å². The molecule has 0 aliphatic rings. The third kappa shape index (κ3) is 4.03. The maximum atomic E-state index is 13.6. The third-order valence-electron chi connectivity index (χ3n) is 3.20. The fraction of sp³-hybridized carbons (Fsp3) is 0.312. The molecule has 20 heavy (non-hydrogen) atoms. The zero-order valence-electron chi connectivity index (χ0n) is 11.8. The first kappa shape index (κ1) is 14.5. The Morgan fingerprint density at radius 2 is 1.90 bits per heavy atom. The van der Waals surface area contributed by atoms with Gasteiger partial charge in [-0.3, -0.25) is 4.98 Å². The molecule has 1 heterocycles. The van der Waals surface area contributed by atoms with E-state index < -0.39 is 0 Å². The maximum Gasteiger partial charge on any atom is 0.165 e. The third-order valence-corrected chi connectivity index (χ3v) is 3.20. The van der Waals surface area contributed by atoms with E-state index in [0.717, 1.165) is 18.5 Å². The van der Waals surface area contributed by atoms with E-state index in [2.05, 4.69) is 9.88 Å². The first-order valence-electron chi connectivity index (χ1n) is 6.59. The summed E-state index contributed by atoms with van der Waals surface area (Å²) in [6.07, 6.45) is 4.56. The molecular weight excluding hydrogens is 255 g/mol. The van der Waals surface area contributed by atoms with Crippen molar-refractivity contribution in [3.63, 3.8) is 0 Å². The summed E-state index contributed by atoms with van der Waals surface area (Å²) >= 11 is 0. The topological polar surface area (TPSA) is 25.4 Å². The number of ether oxygens (including phenoxy) is 1. The second kappa shape index (κ2) is 7.01. The van der Waals surface area contributed by atoms with Crippen molar-refractivity contribution in [3.8, 4) is 5.75 Å². The molecule has 0 N–H and O–H groups in total. The Kier molecular flexibility index (Phi) is 5.07. The number of hydrogen-bond donors (Lipinski definition) is 0. The van der Waals surface area contributed by atoms with Crippen molar-refractivity contribution < 1.29 is 9.13 Å². The average Bonchev–Trinajstić information content (AvgIpc) is 2.46. The number of rotatable bonds is 6. The number of hydrogen-bond acceptors (Lipinski definition) is 3. The predicted molar refractivity (Wildman–Crippen MR) is 77.2 cm³/mol. The molecule has 3 nitrogen and oxygen atoms in total. The van der Waals surface area contributed by atoms with Gasteiger partial charge in [0.15, 0.2) is 11.6 Å². The number of nitrogens with zero attached hydrogens (tertiary/aromatic N) is 2. The fourth-order valence-corrected chi connectivity index (χ4v) is 2.07. The molecule has 1 aromatic carbocycles. The van der Waals surface area contributed by atoms with E-state index in [1.165, 1.54) is 18.7 Å². The predicted octanol–water partition coefficient (Wildman–Crippen LogP) is 2.90. The molecule has 0 saturated heterocycles. The van der Waals surface area contributed by atoms with Gasteiger partial charge in [0.05, 0.1) is 7.11 Å². The van der Waals surface area contributed by atoms with Crippen LogP contribution < -0.4 is 4.74 Å². The Labute approximate surface area is 119 Å². The molecular formula is C16H19FN2O. The highest BCUT2D eigenvalue weighted by atomic mass is 19.1. The standard InChI is InChI=1S/C16H19FN2O/c1-19(10-7-13-5-8-18-9-6-13)12-14-3-4-16(20-2)15(17)11-14/h3-6,8-9,11H,7,10,12H2,1-2H3. The Morgan fingerprint density at radius 1 is 1.15 bits per heavy atom. The molecule has 2 rings (SSSR count). The van der Waals surface area contributed by atoms with Crippen LogP contribution in [0.25, 0.3) is 0 Å². The first-order chi connectivity index (χ1) is 9.69. The van der Waals surface area contributed by atoms with Crippen LogP contribution in [0, 0.1) is 5.82 Å². The zero-order valence-corrected chi connectivity index (χ0v) is 11.8. The molecule has 106 valence electrons. The summed E-state index contributed by atoms with van der Waals surface area (Å²) in [5.41, 5.74) is 2.20. The molecule has 0 fully saturated rings. The van der Waals surface area contributed by atoms with Gasteiger partial charge in [0, 0.05) is 25.5 Å². The summed E-state index contributed by atoms with van der Waals surface area (Å²) in [6.45, 7) is 1.63. The molecule has 0 aliphatic carbocycles. The maximum absolute atomic E-state index is 13.6. The Balaban J connectivity index is 1.88. The van der Waals surface area contributed by atoms with Gasteiger partial charge in [-0.2, -0.15) is 0 Å². The molecule has 0 spiro atoms. The van der Waals surface area contributed by atoms with Gasteiger partial charge in [0.1, 0.15) is 0 Å². The molecule has 0 unspecified atom stereocenters. The highest BCUT2D eigenvalue weighted by Crippen LogP contribution is 2.18. The minimum absolute atomic E-state index is 0.285. The van der Waals surface area contributed by atoms with Crippen LogP contribution in [0.5, 0.6) is 5.75 Å². The lowest BCUT2D eigenvalue weighted by molar-refractivity contribution is 0.329. The van der Waals surface area contributed by atoms with Crippen LogP contribution in [-0.2, 0) is 13.0 Å². The first-order valence-corrected chi connectivity index (χ1v) is 6.59. The van der Waals surface area contributed by atoms with Crippen molar-refractivity contribution in [3.05, 3.63) is 59.7 Å². The number of pyridine rings is 1. The quantitative estimate of drug-likeness (QED) is 0.810. The van der Waals surface area contributed by atoms with Gasteiger partial charge in [0.25, 0.3) is 0 Å². The van der Waals surface area contributed by atoms with Crippen LogP contribution in [0.2, 0.25) is 0 Å². The van der Waals surface area contributed by atoms with E-state index in [-0.39, 0.29) is 11.6 Å². The molecule has 0 aliphatic heterocycles. The highest BCUT2D eigenvalue weighted by molar-refractivity contribution is 5.29. The van der Waals surface area contributed by atoms with E-state index >= 15 is 0 Å². The van der Waals surface area contributed by atoms with Crippen molar-refractivity contribution in [1.82, 2.24) is 9.88 Å². The molecule has 4 heteroatoms. The van der Waals surface area contributed by atoms with Gasteiger partial charge in [-0.15, -0.1) is 0 Å². The van der Waals surface area contributed by atoms with Crippen molar-refractivity contribution in [2.45, 2.75) is 13.0 Å². The number of halogens is 1. The summed E-state index contributed by atoms with van der Waals surface area (Å²) in [4.78, 5) is 6.17. The summed E-state index contributed by atoms with van der Waals surface area (Å²) < 4.78 is 18.5. The lowest BCUT2D eigenvalue weighted by Gasteiger charge is -2.17. The molecule has 0 saturated carbocycles. The van der Waals surface area contributed by atoms with Crippen LogP contribution in [0.3, 0.4) is 0 Å². The Hall–Kier alpha value is -1.94. The zero-order chi connectivity index (χ0) is 14.4.